The third kappa shape index (κ3) is 2.90. The number of anilines is 1. The lowest BCUT2D eigenvalue weighted by Gasteiger charge is -2.10. The average Bonchev–Trinajstić information content (AvgIpc) is 2.43. The smallest absolute Gasteiger partial charge is 0.133 e. The number of nitrogens with zero attached hydrogens (tertiary/aromatic N) is 1. The SMILES string of the molecule is CCNCCNc1nccc2ccc(OC)cc12. The maximum absolute atomic E-state index is 5.25. The Morgan fingerprint density at radius 1 is 1.22 bits per heavy atom. The van der Waals surface area contributed by atoms with E-state index in [1.807, 2.05) is 30.5 Å². The molecule has 0 aliphatic heterocycles. The molecule has 0 aliphatic carbocycles. The summed E-state index contributed by atoms with van der Waals surface area (Å²) >= 11 is 0. The van der Waals surface area contributed by atoms with Gasteiger partial charge in [0.1, 0.15) is 11.6 Å². The van der Waals surface area contributed by atoms with Gasteiger partial charge in [0.25, 0.3) is 0 Å². The molecule has 0 spiro atoms. The summed E-state index contributed by atoms with van der Waals surface area (Å²) in [6.45, 7) is 4.87. The first-order valence-corrected chi connectivity index (χ1v) is 6.22. The molecule has 0 amide bonds. The van der Waals surface area contributed by atoms with Crippen molar-refractivity contribution in [2.24, 2.45) is 0 Å². The van der Waals surface area contributed by atoms with E-state index in [4.69, 9.17) is 4.74 Å². The minimum atomic E-state index is 0.852. The predicted octanol–water partition coefficient (Wildman–Crippen LogP) is 2.26. The van der Waals surface area contributed by atoms with Crippen LogP contribution in [-0.2, 0) is 0 Å². The van der Waals surface area contributed by atoms with Crippen molar-refractivity contribution in [1.29, 1.82) is 0 Å². The molecule has 2 aromatic rings. The van der Waals surface area contributed by atoms with E-state index in [1.165, 1.54) is 0 Å². The highest BCUT2D eigenvalue weighted by Gasteiger charge is 2.03. The molecule has 0 fully saturated rings. The molecule has 4 nitrogen and oxygen atoms in total. The molecule has 0 saturated heterocycles. The van der Waals surface area contributed by atoms with E-state index < -0.39 is 0 Å². The normalized spacial score (nSPS) is 10.6. The first kappa shape index (κ1) is 12.6. The number of rotatable bonds is 6. The Labute approximate surface area is 107 Å². The monoisotopic (exact) mass is 245 g/mol. The first-order valence-electron chi connectivity index (χ1n) is 6.22. The molecule has 0 unspecified atom stereocenters. The second kappa shape index (κ2) is 6.21. The Morgan fingerprint density at radius 3 is 2.89 bits per heavy atom. The molecule has 0 aliphatic rings. The van der Waals surface area contributed by atoms with E-state index in [-0.39, 0.29) is 0 Å². The van der Waals surface area contributed by atoms with Gasteiger partial charge < -0.3 is 15.4 Å². The van der Waals surface area contributed by atoms with Crippen LogP contribution in [0.3, 0.4) is 0 Å². The molecule has 1 aromatic heterocycles. The topological polar surface area (TPSA) is 46.2 Å². The number of likely N-dealkylation sites (N-methyl/N-ethyl adjacent to an activating group) is 1. The van der Waals surface area contributed by atoms with E-state index in [2.05, 4.69) is 22.5 Å². The van der Waals surface area contributed by atoms with Crippen molar-refractivity contribution < 1.29 is 4.74 Å². The van der Waals surface area contributed by atoms with Crippen LogP contribution in [0, 0.1) is 0 Å². The highest BCUT2D eigenvalue weighted by atomic mass is 16.5. The fourth-order valence-corrected chi connectivity index (χ4v) is 1.86. The average molecular weight is 245 g/mol. The van der Waals surface area contributed by atoms with Gasteiger partial charge in [0.15, 0.2) is 0 Å². The molecule has 1 aromatic carbocycles. The number of fused-ring (bicyclic) bond motifs is 1. The van der Waals surface area contributed by atoms with E-state index in [9.17, 15) is 0 Å². The van der Waals surface area contributed by atoms with Gasteiger partial charge in [0.05, 0.1) is 7.11 Å². The number of pyridine rings is 1. The van der Waals surface area contributed by atoms with Crippen molar-refractivity contribution >= 4 is 16.6 Å². The lowest BCUT2D eigenvalue weighted by molar-refractivity contribution is 0.415. The highest BCUT2D eigenvalue weighted by molar-refractivity contribution is 5.92. The number of nitrogens with one attached hydrogen (secondary N) is 2. The Bertz CT molecular complexity index is 513. The Morgan fingerprint density at radius 2 is 2.11 bits per heavy atom. The molecule has 0 radical (unpaired) electrons. The van der Waals surface area contributed by atoms with Gasteiger partial charge in [0.2, 0.25) is 0 Å². The summed E-state index contributed by atoms with van der Waals surface area (Å²) < 4.78 is 5.25. The van der Waals surface area contributed by atoms with Crippen LogP contribution >= 0.6 is 0 Å². The number of aromatic nitrogens is 1. The van der Waals surface area contributed by atoms with Gasteiger partial charge in [-0.25, -0.2) is 4.98 Å². The molecule has 2 rings (SSSR count). The zero-order valence-corrected chi connectivity index (χ0v) is 10.9. The van der Waals surface area contributed by atoms with Crippen LogP contribution < -0.4 is 15.4 Å². The molecule has 0 saturated carbocycles. The maximum Gasteiger partial charge on any atom is 0.133 e. The molecule has 4 heteroatoms. The first-order chi connectivity index (χ1) is 8.85. The van der Waals surface area contributed by atoms with E-state index in [1.54, 1.807) is 7.11 Å². The Balaban J connectivity index is 2.20. The van der Waals surface area contributed by atoms with Crippen LogP contribution in [0.1, 0.15) is 6.92 Å². The Hall–Kier alpha value is -1.81. The lowest BCUT2D eigenvalue weighted by atomic mass is 10.1. The van der Waals surface area contributed by atoms with Crippen molar-refractivity contribution in [3.63, 3.8) is 0 Å². The van der Waals surface area contributed by atoms with Crippen LogP contribution in [-0.4, -0.2) is 31.7 Å². The van der Waals surface area contributed by atoms with Gasteiger partial charge >= 0.3 is 0 Å². The van der Waals surface area contributed by atoms with Gasteiger partial charge in [-0.2, -0.15) is 0 Å². The van der Waals surface area contributed by atoms with E-state index >= 15 is 0 Å². The second-order valence-electron chi connectivity index (χ2n) is 4.03. The number of benzene rings is 1. The van der Waals surface area contributed by atoms with Gasteiger partial charge in [-0.05, 0) is 30.1 Å². The zero-order chi connectivity index (χ0) is 12.8. The fourth-order valence-electron chi connectivity index (χ4n) is 1.86. The van der Waals surface area contributed by atoms with Crippen molar-refractivity contribution in [1.82, 2.24) is 10.3 Å². The van der Waals surface area contributed by atoms with Crippen molar-refractivity contribution in [3.8, 4) is 5.75 Å². The molecular weight excluding hydrogens is 226 g/mol. The molecule has 96 valence electrons. The summed E-state index contributed by atoms with van der Waals surface area (Å²) in [6, 6.07) is 8.03. The third-order valence-corrected chi connectivity index (χ3v) is 2.82. The summed E-state index contributed by atoms with van der Waals surface area (Å²) in [5.74, 6) is 1.76. The Kier molecular flexibility index (Phi) is 4.36. The zero-order valence-electron chi connectivity index (χ0n) is 10.9. The van der Waals surface area contributed by atoms with Crippen molar-refractivity contribution in [2.45, 2.75) is 6.92 Å². The largest absolute Gasteiger partial charge is 0.497 e. The number of hydrogen-bond donors (Lipinski definition) is 2. The predicted molar refractivity (Wildman–Crippen MR) is 75.3 cm³/mol. The van der Waals surface area contributed by atoms with Gasteiger partial charge in [0, 0.05) is 24.7 Å². The second-order valence-corrected chi connectivity index (χ2v) is 4.03. The minimum absolute atomic E-state index is 0.852. The van der Waals surface area contributed by atoms with E-state index in [0.29, 0.717) is 0 Å². The summed E-state index contributed by atoms with van der Waals surface area (Å²) in [5, 5.41) is 8.87. The molecule has 1 heterocycles. The molecule has 0 atom stereocenters. The summed E-state index contributed by atoms with van der Waals surface area (Å²) in [5.41, 5.74) is 0. The summed E-state index contributed by atoms with van der Waals surface area (Å²) in [7, 11) is 1.68. The molecule has 2 N–H and O–H groups in total. The summed E-state index contributed by atoms with van der Waals surface area (Å²) in [6.07, 6.45) is 1.82. The maximum atomic E-state index is 5.25. The van der Waals surface area contributed by atoms with Crippen molar-refractivity contribution in [3.05, 3.63) is 30.5 Å². The summed E-state index contributed by atoms with van der Waals surface area (Å²) in [4.78, 5) is 4.39. The quantitative estimate of drug-likeness (QED) is 0.766. The number of hydrogen-bond acceptors (Lipinski definition) is 4. The number of ether oxygens (including phenoxy) is 1. The molecule has 0 bridgehead atoms. The van der Waals surface area contributed by atoms with Crippen LogP contribution in [0.2, 0.25) is 0 Å². The van der Waals surface area contributed by atoms with Crippen LogP contribution in [0.4, 0.5) is 5.82 Å². The van der Waals surface area contributed by atoms with Gasteiger partial charge in [-0.1, -0.05) is 13.0 Å². The van der Waals surface area contributed by atoms with Crippen LogP contribution in [0.25, 0.3) is 10.8 Å². The van der Waals surface area contributed by atoms with Crippen LogP contribution in [0.15, 0.2) is 30.5 Å². The van der Waals surface area contributed by atoms with Gasteiger partial charge in [-0.3, -0.25) is 0 Å². The van der Waals surface area contributed by atoms with Crippen LogP contribution in [0.5, 0.6) is 5.75 Å². The highest BCUT2D eigenvalue weighted by Crippen LogP contribution is 2.25. The van der Waals surface area contributed by atoms with Crippen molar-refractivity contribution in [2.75, 3.05) is 32.1 Å². The standard InChI is InChI=1S/C14H19N3O/c1-3-15-8-9-17-14-13-10-12(18-2)5-4-11(13)6-7-16-14/h4-7,10,15H,3,8-9H2,1-2H3,(H,16,17). The van der Waals surface area contributed by atoms with Gasteiger partial charge in [-0.15, -0.1) is 0 Å². The molecular formula is C14H19N3O. The minimum Gasteiger partial charge on any atom is -0.497 e. The number of methoxy groups -OCH3 is 1. The third-order valence-electron chi connectivity index (χ3n) is 2.82. The fraction of sp³-hybridized carbons (Fsp3) is 0.357. The lowest BCUT2D eigenvalue weighted by Crippen LogP contribution is -2.21. The van der Waals surface area contributed by atoms with E-state index in [0.717, 1.165) is 42.0 Å². The molecule has 18 heavy (non-hydrogen) atoms.